The number of likely N-dealkylation sites (tertiary alicyclic amines) is 1. The predicted molar refractivity (Wildman–Crippen MR) is 120 cm³/mol. The first-order valence-electron chi connectivity index (χ1n) is 9.97. The van der Waals surface area contributed by atoms with Gasteiger partial charge in [0.15, 0.2) is 5.96 Å². The molecule has 150 valence electrons. The number of benzene rings is 1. The summed E-state index contributed by atoms with van der Waals surface area (Å²) in [6.07, 6.45) is 2.93. The maximum absolute atomic E-state index is 11.9. The average molecular weight is 485 g/mol. The summed E-state index contributed by atoms with van der Waals surface area (Å²) in [5.41, 5.74) is 1.44. The van der Waals surface area contributed by atoms with Crippen molar-refractivity contribution < 1.29 is 9.53 Å². The standard InChI is InChI=1S/C21H31N3O2.HI/c1-3-22-21(24-12-10-17(11-13-24)20(25)26-4-2)23-15-18-14-19(18)16-8-6-5-7-9-16;/h5-9,17-19H,3-4,10-15H2,1-2H3,(H,22,23);1H. The van der Waals surface area contributed by atoms with Crippen LogP contribution in [0.15, 0.2) is 35.3 Å². The number of aliphatic imine (C=N–C) groups is 1. The van der Waals surface area contributed by atoms with E-state index in [1.54, 1.807) is 0 Å². The Morgan fingerprint density at radius 2 is 1.93 bits per heavy atom. The number of guanidine groups is 1. The van der Waals surface area contributed by atoms with Crippen LogP contribution in [-0.2, 0) is 9.53 Å². The second-order valence-corrected chi connectivity index (χ2v) is 7.22. The van der Waals surface area contributed by atoms with Gasteiger partial charge in [0, 0.05) is 26.2 Å². The lowest BCUT2D eigenvalue weighted by Gasteiger charge is -2.33. The van der Waals surface area contributed by atoms with Gasteiger partial charge in [0.1, 0.15) is 0 Å². The van der Waals surface area contributed by atoms with Gasteiger partial charge >= 0.3 is 5.97 Å². The maximum Gasteiger partial charge on any atom is 0.309 e. The number of carbonyl (C=O) groups is 1. The molecule has 0 radical (unpaired) electrons. The van der Waals surface area contributed by atoms with Gasteiger partial charge in [-0.05, 0) is 50.5 Å². The van der Waals surface area contributed by atoms with Crippen LogP contribution in [0.4, 0.5) is 0 Å². The lowest BCUT2D eigenvalue weighted by molar-refractivity contribution is -0.149. The van der Waals surface area contributed by atoms with E-state index >= 15 is 0 Å². The molecule has 2 unspecified atom stereocenters. The largest absolute Gasteiger partial charge is 0.466 e. The molecule has 0 aromatic heterocycles. The molecule has 0 amide bonds. The van der Waals surface area contributed by atoms with Gasteiger partial charge in [-0.25, -0.2) is 0 Å². The Kier molecular flexibility index (Phi) is 8.86. The molecule has 1 saturated carbocycles. The Morgan fingerprint density at radius 3 is 2.56 bits per heavy atom. The lowest BCUT2D eigenvalue weighted by Crippen LogP contribution is -2.46. The number of esters is 1. The zero-order valence-corrected chi connectivity index (χ0v) is 18.7. The third-order valence-electron chi connectivity index (χ3n) is 5.38. The highest BCUT2D eigenvalue weighted by Crippen LogP contribution is 2.47. The summed E-state index contributed by atoms with van der Waals surface area (Å²) in [6, 6.07) is 10.7. The molecule has 1 heterocycles. The summed E-state index contributed by atoms with van der Waals surface area (Å²) in [7, 11) is 0. The number of piperidine rings is 1. The van der Waals surface area contributed by atoms with Crippen LogP contribution in [0.25, 0.3) is 0 Å². The molecule has 2 aliphatic rings. The molecular weight excluding hydrogens is 453 g/mol. The van der Waals surface area contributed by atoms with Crippen LogP contribution in [-0.4, -0.2) is 49.6 Å². The Morgan fingerprint density at radius 1 is 1.22 bits per heavy atom. The van der Waals surface area contributed by atoms with E-state index in [9.17, 15) is 4.79 Å². The molecule has 1 saturated heterocycles. The average Bonchev–Trinajstić information content (AvgIpc) is 3.46. The Balaban J connectivity index is 0.00000261. The molecule has 1 aromatic rings. The number of hydrogen-bond donors (Lipinski definition) is 1. The lowest BCUT2D eigenvalue weighted by atomic mass is 9.97. The van der Waals surface area contributed by atoms with E-state index in [1.807, 2.05) is 6.92 Å². The van der Waals surface area contributed by atoms with Crippen molar-refractivity contribution in [3.63, 3.8) is 0 Å². The third kappa shape index (κ3) is 6.09. The molecule has 1 aliphatic carbocycles. The molecule has 1 aromatic carbocycles. The van der Waals surface area contributed by atoms with E-state index in [-0.39, 0.29) is 35.9 Å². The Hall–Kier alpha value is -1.31. The summed E-state index contributed by atoms with van der Waals surface area (Å²) in [4.78, 5) is 19.1. The number of carbonyl (C=O) groups excluding carboxylic acids is 1. The van der Waals surface area contributed by atoms with Gasteiger partial charge in [-0.3, -0.25) is 9.79 Å². The maximum atomic E-state index is 11.9. The van der Waals surface area contributed by atoms with Crippen molar-refractivity contribution in [2.75, 3.05) is 32.8 Å². The van der Waals surface area contributed by atoms with Gasteiger partial charge < -0.3 is 15.0 Å². The van der Waals surface area contributed by atoms with Crippen LogP contribution in [0.5, 0.6) is 0 Å². The van der Waals surface area contributed by atoms with Gasteiger partial charge in [-0.1, -0.05) is 30.3 Å². The van der Waals surface area contributed by atoms with Crippen LogP contribution in [0.2, 0.25) is 0 Å². The van der Waals surface area contributed by atoms with E-state index in [0.29, 0.717) is 18.4 Å². The summed E-state index contributed by atoms with van der Waals surface area (Å²) in [5.74, 6) is 2.31. The minimum atomic E-state index is -0.0437. The molecular formula is C21H32IN3O2. The minimum absolute atomic E-state index is 0. The SMILES string of the molecule is CCNC(=NCC1CC1c1ccccc1)N1CCC(C(=O)OCC)CC1.I. The number of nitrogens with one attached hydrogen (secondary N) is 1. The van der Waals surface area contributed by atoms with Crippen LogP contribution in [0.1, 0.15) is 44.6 Å². The molecule has 2 atom stereocenters. The molecule has 0 spiro atoms. The van der Waals surface area contributed by atoms with Crippen LogP contribution in [0, 0.1) is 11.8 Å². The highest BCUT2D eigenvalue weighted by molar-refractivity contribution is 14.0. The smallest absolute Gasteiger partial charge is 0.309 e. The molecule has 0 bridgehead atoms. The van der Waals surface area contributed by atoms with Crippen molar-refractivity contribution in [2.24, 2.45) is 16.8 Å². The normalized spacial score (nSPS) is 22.7. The minimum Gasteiger partial charge on any atom is -0.466 e. The second kappa shape index (κ2) is 10.9. The number of rotatable bonds is 6. The fourth-order valence-corrected chi connectivity index (χ4v) is 3.77. The van der Waals surface area contributed by atoms with E-state index < -0.39 is 0 Å². The highest BCUT2D eigenvalue weighted by atomic mass is 127. The van der Waals surface area contributed by atoms with Crippen molar-refractivity contribution >= 4 is 35.9 Å². The van der Waals surface area contributed by atoms with Gasteiger partial charge in [0.2, 0.25) is 0 Å². The topological polar surface area (TPSA) is 53.9 Å². The molecule has 1 aliphatic heterocycles. The summed E-state index contributed by atoms with van der Waals surface area (Å²) >= 11 is 0. The fourth-order valence-electron chi connectivity index (χ4n) is 3.77. The highest BCUT2D eigenvalue weighted by Gasteiger charge is 2.38. The van der Waals surface area contributed by atoms with Crippen LogP contribution >= 0.6 is 24.0 Å². The van der Waals surface area contributed by atoms with Crippen molar-refractivity contribution in [2.45, 2.75) is 39.0 Å². The zero-order chi connectivity index (χ0) is 18.4. The van der Waals surface area contributed by atoms with Crippen LogP contribution in [0.3, 0.4) is 0 Å². The Bertz CT molecular complexity index is 615. The van der Waals surface area contributed by atoms with E-state index in [1.165, 1.54) is 12.0 Å². The first-order valence-corrected chi connectivity index (χ1v) is 9.97. The molecule has 2 fully saturated rings. The fraction of sp³-hybridized carbons (Fsp3) is 0.619. The number of ether oxygens (including phenoxy) is 1. The Labute approximate surface area is 180 Å². The van der Waals surface area contributed by atoms with Crippen molar-refractivity contribution in [3.05, 3.63) is 35.9 Å². The number of nitrogens with zero attached hydrogens (tertiary/aromatic N) is 2. The van der Waals surface area contributed by atoms with Crippen molar-refractivity contribution in [3.8, 4) is 0 Å². The molecule has 1 N–H and O–H groups in total. The van der Waals surface area contributed by atoms with E-state index in [0.717, 1.165) is 45.0 Å². The first kappa shape index (κ1) is 22.0. The van der Waals surface area contributed by atoms with Gasteiger partial charge in [-0.2, -0.15) is 0 Å². The van der Waals surface area contributed by atoms with Gasteiger partial charge in [-0.15, -0.1) is 24.0 Å². The predicted octanol–water partition coefficient (Wildman–Crippen LogP) is 3.65. The van der Waals surface area contributed by atoms with E-state index in [2.05, 4.69) is 47.5 Å². The molecule has 27 heavy (non-hydrogen) atoms. The molecule has 5 nitrogen and oxygen atoms in total. The number of hydrogen-bond acceptors (Lipinski definition) is 3. The van der Waals surface area contributed by atoms with Gasteiger partial charge in [0.25, 0.3) is 0 Å². The quantitative estimate of drug-likeness (QED) is 0.289. The summed E-state index contributed by atoms with van der Waals surface area (Å²) < 4.78 is 5.16. The summed E-state index contributed by atoms with van der Waals surface area (Å²) in [5, 5.41) is 3.42. The third-order valence-corrected chi connectivity index (χ3v) is 5.38. The van der Waals surface area contributed by atoms with E-state index in [4.69, 9.17) is 9.73 Å². The van der Waals surface area contributed by atoms with Crippen molar-refractivity contribution in [1.82, 2.24) is 10.2 Å². The van der Waals surface area contributed by atoms with Crippen LogP contribution < -0.4 is 5.32 Å². The second-order valence-electron chi connectivity index (χ2n) is 7.22. The monoisotopic (exact) mass is 485 g/mol. The molecule has 6 heteroatoms. The van der Waals surface area contributed by atoms with Crippen molar-refractivity contribution in [1.29, 1.82) is 0 Å². The summed E-state index contributed by atoms with van der Waals surface area (Å²) in [6.45, 7) is 7.90. The zero-order valence-electron chi connectivity index (χ0n) is 16.4. The first-order chi connectivity index (χ1) is 12.7. The number of halogens is 1. The molecule has 3 rings (SSSR count). The van der Waals surface area contributed by atoms with Gasteiger partial charge in [0.05, 0.1) is 12.5 Å².